The van der Waals surface area contributed by atoms with Gasteiger partial charge in [-0.2, -0.15) is 0 Å². The van der Waals surface area contributed by atoms with E-state index in [4.69, 9.17) is 17.0 Å². The van der Waals surface area contributed by atoms with E-state index in [0.29, 0.717) is 23.1 Å². The van der Waals surface area contributed by atoms with Gasteiger partial charge >= 0.3 is 0 Å². The zero-order chi connectivity index (χ0) is 24.6. The molecule has 180 valence electrons. The molecule has 7 nitrogen and oxygen atoms in total. The highest BCUT2D eigenvalue weighted by Crippen LogP contribution is 2.30. The number of imidazole rings is 1. The first-order valence-electron chi connectivity index (χ1n) is 11.4. The maximum atomic E-state index is 13.7. The molecule has 5 rings (SSSR count). The lowest BCUT2D eigenvalue weighted by atomic mass is 10.1. The van der Waals surface area contributed by atoms with Gasteiger partial charge in [0.25, 0.3) is 0 Å². The zero-order valence-corrected chi connectivity index (χ0v) is 20.3. The number of anilines is 1. The molecule has 0 saturated heterocycles. The largest absolute Gasteiger partial charge is 0.437 e. The number of benzene rings is 2. The summed E-state index contributed by atoms with van der Waals surface area (Å²) in [7, 11) is 0. The van der Waals surface area contributed by atoms with Crippen LogP contribution >= 0.6 is 12.2 Å². The molecule has 2 aromatic carbocycles. The molecular weight excluding hydrogens is 465 g/mol. The monoisotopic (exact) mass is 491 g/mol. The first-order chi connectivity index (χ1) is 16.7. The number of nitrogens with zero attached hydrogens (tertiary/aromatic N) is 3. The summed E-state index contributed by atoms with van der Waals surface area (Å²) in [4.78, 5) is 5.32. The van der Waals surface area contributed by atoms with Gasteiger partial charge in [-0.05, 0) is 38.8 Å². The second kappa shape index (κ2) is 9.24. The second-order valence-corrected chi connectivity index (χ2v) is 9.73. The van der Waals surface area contributed by atoms with E-state index in [1.165, 1.54) is 12.1 Å². The molecule has 2 aromatic heterocycles. The molecule has 2 heterocycles. The molecule has 4 aromatic rings. The number of fused-ring (bicyclic) bond motifs is 1. The van der Waals surface area contributed by atoms with Crippen LogP contribution in [-0.4, -0.2) is 42.9 Å². The van der Waals surface area contributed by atoms with Crippen LogP contribution in [0.3, 0.4) is 0 Å². The van der Waals surface area contributed by atoms with Gasteiger partial charge in [-0.3, -0.25) is 0 Å². The Morgan fingerprint density at radius 1 is 1.20 bits per heavy atom. The van der Waals surface area contributed by atoms with Gasteiger partial charge in [-0.1, -0.05) is 42.5 Å². The standard InChI is InChI=1S/C26H26FN5O2S/c1-26(2,33)15-29-21-13-23(34-20-5-3-4-18(27)12-20)31-32-22(14-28-24(21)32)16-6-8-17(9-7-16)25(35)30-19-10-11-19/h3-9,12-14,19,29,33H,10-11,15H2,1-2H3,(H,30,35). The smallest absolute Gasteiger partial charge is 0.239 e. The Morgan fingerprint density at radius 3 is 2.66 bits per heavy atom. The van der Waals surface area contributed by atoms with Crippen LogP contribution in [0.2, 0.25) is 0 Å². The molecule has 0 aliphatic heterocycles. The van der Waals surface area contributed by atoms with Crippen molar-refractivity contribution in [2.24, 2.45) is 0 Å². The summed E-state index contributed by atoms with van der Waals surface area (Å²) in [5.74, 6) is 0.182. The molecular formula is C26H26FN5O2S. The predicted molar refractivity (Wildman–Crippen MR) is 138 cm³/mol. The van der Waals surface area contributed by atoms with E-state index in [2.05, 4.69) is 20.7 Å². The molecule has 0 unspecified atom stereocenters. The lowest BCUT2D eigenvalue weighted by Crippen LogP contribution is -2.29. The Kier molecular flexibility index (Phi) is 6.12. The van der Waals surface area contributed by atoms with Crippen molar-refractivity contribution < 1.29 is 14.2 Å². The van der Waals surface area contributed by atoms with Crippen LogP contribution in [0.15, 0.2) is 60.8 Å². The number of aromatic nitrogens is 3. The maximum Gasteiger partial charge on any atom is 0.239 e. The van der Waals surface area contributed by atoms with Crippen LogP contribution in [0.1, 0.15) is 32.3 Å². The molecule has 9 heteroatoms. The van der Waals surface area contributed by atoms with Crippen LogP contribution in [0, 0.1) is 5.82 Å². The van der Waals surface area contributed by atoms with Crippen molar-refractivity contribution in [2.45, 2.75) is 38.3 Å². The van der Waals surface area contributed by atoms with Gasteiger partial charge in [0.15, 0.2) is 5.65 Å². The second-order valence-electron chi connectivity index (χ2n) is 9.33. The third kappa shape index (κ3) is 5.58. The van der Waals surface area contributed by atoms with E-state index in [1.54, 1.807) is 42.8 Å². The lowest BCUT2D eigenvalue weighted by Gasteiger charge is -2.19. The molecule has 35 heavy (non-hydrogen) atoms. The third-order valence-electron chi connectivity index (χ3n) is 5.53. The number of nitrogens with one attached hydrogen (secondary N) is 2. The van der Waals surface area contributed by atoms with E-state index in [1.807, 2.05) is 24.3 Å². The molecule has 1 aliphatic rings. The number of aliphatic hydroxyl groups is 1. The van der Waals surface area contributed by atoms with Crippen molar-refractivity contribution in [1.29, 1.82) is 0 Å². The van der Waals surface area contributed by atoms with Gasteiger partial charge < -0.3 is 20.5 Å². The van der Waals surface area contributed by atoms with Crippen LogP contribution in [-0.2, 0) is 0 Å². The average molecular weight is 492 g/mol. The molecule has 1 aliphatic carbocycles. The highest BCUT2D eigenvalue weighted by atomic mass is 32.1. The first-order valence-corrected chi connectivity index (χ1v) is 11.9. The topological polar surface area (TPSA) is 83.7 Å². The molecule has 0 bridgehead atoms. The summed E-state index contributed by atoms with van der Waals surface area (Å²) >= 11 is 5.51. The van der Waals surface area contributed by atoms with Crippen LogP contribution in [0.5, 0.6) is 11.6 Å². The minimum Gasteiger partial charge on any atom is -0.437 e. The molecule has 0 spiro atoms. The van der Waals surface area contributed by atoms with E-state index >= 15 is 0 Å². The fraction of sp³-hybridized carbons (Fsp3) is 0.269. The summed E-state index contributed by atoms with van der Waals surface area (Å²) < 4.78 is 21.2. The summed E-state index contributed by atoms with van der Waals surface area (Å²) in [5, 5.41) is 21.4. The highest BCUT2D eigenvalue weighted by molar-refractivity contribution is 7.80. The SMILES string of the molecule is CC(C)(O)CNc1cc(Oc2cccc(F)c2)nn2c(-c3ccc(C(=S)NC4CC4)cc3)cnc12. The van der Waals surface area contributed by atoms with Gasteiger partial charge in [-0.15, -0.1) is 5.10 Å². The van der Waals surface area contributed by atoms with E-state index < -0.39 is 11.4 Å². The van der Waals surface area contributed by atoms with Gasteiger partial charge in [0.05, 0.1) is 23.2 Å². The van der Waals surface area contributed by atoms with E-state index in [0.717, 1.165) is 34.7 Å². The van der Waals surface area contributed by atoms with Crippen LogP contribution < -0.4 is 15.4 Å². The predicted octanol–water partition coefficient (Wildman–Crippen LogP) is 4.94. The van der Waals surface area contributed by atoms with Crippen molar-refractivity contribution >= 4 is 28.5 Å². The number of halogens is 1. The zero-order valence-electron chi connectivity index (χ0n) is 19.5. The number of hydrogen-bond donors (Lipinski definition) is 3. The normalized spacial score (nSPS) is 13.6. The van der Waals surface area contributed by atoms with E-state index in [9.17, 15) is 9.50 Å². The number of thiocarbonyl (C=S) groups is 1. The molecule has 1 fully saturated rings. The van der Waals surface area contributed by atoms with E-state index in [-0.39, 0.29) is 12.4 Å². The summed E-state index contributed by atoms with van der Waals surface area (Å²) in [6, 6.07) is 16.0. The van der Waals surface area contributed by atoms with Crippen molar-refractivity contribution in [3.63, 3.8) is 0 Å². The van der Waals surface area contributed by atoms with Crippen LogP contribution in [0.4, 0.5) is 10.1 Å². The van der Waals surface area contributed by atoms with Crippen molar-refractivity contribution in [2.75, 3.05) is 11.9 Å². The van der Waals surface area contributed by atoms with Gasteiger partial charge in [-0.25, -0.2) is 13.9 Å². The molecule has 0 atom stereocenters. The first kappa shape index (κ1) is 23.2. The quantitative estimate of drug-likeness (QED) is 0.301. The van der Waals surface area contributed by atoms with Crippen molar-refractivity contribution in [3.05, 3.63) is 72.2 Å². The fourth-order valence-corrected chi connectivity index (χ4v) is 3.88. The average Bonchev–Trinajstić information content (AvgIpc) is 3.52. The summed E-state index contributed by atoms with van der Waals surface area (Å²) in [5.41, 5.74) is 2.88. The molecule has 0 amide bonds. The Labute approximate surface area is 208 Å². The fourth-order valence-electron chi connectivity index (χ4n) is 3.57. The Hall–Kier alpha value is -3.56. The van der Waals surface area contributed by atoms with Gasteiger partial charge in [0.2, 0.25) is 5.88 Å². The number of hydrogen-bond acceptors (Lipinski definition) is 6. The van der Waals surface area contributed by atoms with Crippen molar-refractivity contribution in [3.8, 4) is 22.9 Å². The maximum absolute atomic E-state index is 13.7. The minimum atomic E-state index is -0.942. The highest BCUT2D eigenvalue weighted by Gasteiger charge is 2.22. The third-order valence-corrected chi connectivity index (χ3v) is 5.88. The molecule has 3 N–H and O–H groups in total. The number of rotatable bonds is 8. The number of ether oxygens (including phenoxy) is 1. The summed E-state index contributed by atoms with van der Waals surface area (Å²) in [6.45, 7) is 3.71. The van der Waals surface area contributed by atoms with Crippen molar-refractivity contribution in [1.82, 2.24) is 19.9 Å². The Morgan fingerprint density at radius 2 is 1.97 bits per heavy atom. The Bertz CT molecular complexity index is 1380. The lowest BCUT2D eigenvalue weighted by molar-refractivity contribution is 0.0945. The molecule has 0 radical (unpaired) electrons. The van der Waals surface area contributed by atoms with Crippen LogP contribution in [0.25, 0.3) is 16.9 Å². The summed E-state index contributed by atoms with van der Waals surface area (Å²) in [6.07, 6.45) is 4.06. The van der Waals surface area contributed by atoms with Gasteiger partial charge in [0.1, 0.15) is 16.6 Å². The molecule has 1 saturated carbocycles. The minimum absolute atomic E-state index is 0.257. The Balaban J connectivity index is 1.51. The van der Waals surface area contributed by atoms with Gasteiger partial charge in [0, 0.05) is 35.8 Å².